The van der Waals surface area contributed by atoms with E-state index in [1.165, 1.54) is 0 Å². The number of carbonyl (C=O) groups excluding carboxylic acids is 3. The Morgan fingerprint density at radius 1 is 0.946 bits per heavy atom. The Morgan fingerprint density at radius 3 is 2.11 bits per heavy atom. The summed E-state index contributed by atoms with van der Waals surface area (Å²) in [4.78, 5) is 59.8. The van der Waals surface area contributed by atoms with Gasteiger partial charge in [-0.25, -0.2) is 9.59 Å². The van der Waals surface area contributed by atoms with E-state index >= 15 is 0 Å². The molecule has 1 aliphatic carbocycles. The van der Waals surface area contributed by atoms with Crippen molar-refractivity contribution in [2.75, 3.05) is 6.54 Å². The van der Waals surface area contributed by atoms with Crippen molar-refractivity contribution in [1.29, 1.82) is 0 Å². The summed E-state index contributed by atoms with van der Waals surface area (Å²) in [7, 11) is 0. The third-order valence-corrected chi connectivity index (χ3v) is 6.07. The van der Waals surface area contributed by atoms with Crippen molar-refractivity contribution >= 4 is 29.8 Å². The standard InChI is InChI=1S/C26H37N3O8/c1-26(2,3)37-25(36)29-19(13-16-7-5-4-6-8-16)23(33)27-15-17-9-11-18(12-10-17)22(32)28-20(24(34)35)14-21(30)31/h4-8,17-20H,9-15H2,1-3H3,(H,27,33)(H,28,32)(H,29,36)(H,30,31)(H,34,35). The van der Waals surface area contributed by atoms with E-state index in [2.05, 4.69) is 16.0 Å². The molecule has 1 fully saturated rings. The van der Waals surface area contributed by atoms with E-state index < -0.39 is 54.0 Å². The molecule has 0 spiro atoms. The summed E-state index contributed by atoms with van der Waals surface area (Å²) in [6.45, 7) is 5.58. The first-order chi connectivity index (χ1) is 17.3. The van der Waals surface area contributed by atoms with Gasteiger partial charge in [0.1, 0.15) is 17.7 Å². The van der Waals surface area contributed by atoms with E-state index in [4.69, 9.17) is 14.9 Å². The molecule has 11 heteroatoms. The molecule has 11 nitrogen and oxygen atoms in total. The van der Waals surface area contributed by atoms with Crippen LogP contribution in [0.3, 0.4) is 0 Å². The number of carboxylic acids is 2. The maximum atomic E-state index is 13.0. The van der Waals surface area contributed by atoms with Crippen LogP contribution in [0.2, 0.25) is 0 Å². The van der Waals surface area contributed by atoms with E-state index in [0.29, 0.717) is 38.6 Å². The molecular weight excluding hydrogens is 482 g/mol. The van der Waals surface area contributed by atoms with E-state index in [-0.39, 0.29) is 11.8 Å². The summed E-state index contributed by atoms with van der Waals surface area (Å²) in [6.07, 6.45) is 1.18. The number of rotatable bonds is 11. The molecule has 0 saturated heterocycles. The third kappa shape index (κ3) is 10.9. The number of alkyl carbamates (subject to hydrolysis) is 1. The van der Waals surface area contributed by atoms with E-state index in [1.54, 1.807) is 20.8 Å². The summed E-state index contributed by atoms with van der Waals surface area (Å²) >= 11 is 0. The number of benzene rings is 1. The van der Waals surface area contributed by atoms with Gasteiger partial charge in [0.15, 0.2) is 0 Å². The highest BCUT2D eigenvalue weighted by Gasteiger charge is 2.31. The predicted molar refractivity (Wildman–Crippen MR) is 134 cm³/mol. The lowest BCUT2D eigenvalue weighted by Gasteiger charge is -2.29. The van der Waals surface area contributed by atoms with Crippen molar-refractivity contribution < 1.29 is 38.9 Å². The smallest absolute Gasteiger partial charge is 0.408 e. The number of hydrogen-bond donors (Lipinski definition) is 5. The molecule has 0 bridgehead atoms. The Kier molecular flexibility index (Phi) is 10.9. The zero-order valence-corrected chi connectivity index (χ0v) is 21.5. The first kappa shape index (κ1) is 29.6. The molecule has 0 aromatic heterocycles. The first-order valence-electron chi connectivity index (χ1n) is 12.4. The fourth-order valence-electron chi connectivity index (χ4n) is 4.17. The van der Waals surface area contributed by atoms with E-state index in [0.717, 1.165) is 5.56 Å². The van der Waals surface area contributed by atoms with Gasteiger partial charge in [0.2, 0.25) is 11.8 Å². The molecular formula is C26H37N3O8. The Balaban J connectivity index is 1.88. The molecule has 5 N–H and O–H groups in total. The summed E-state index contributed by atoms with van der Waals surface area (Å²) in [5.74, 6) is -3.81. The zero-order valence-electron chi connectivity index (χ0n) is 21.5. The van der Waals surface area contributed by atoms with Gasteiger partial charge < -0.3 is 30.9 Å². The van der Waals surface area contributed by atoms with Gasteiger partial charge >= 0.3 is 18.0 Å². The number of carbonyl (C=O) groups is 5. The topological polar surface area (TPSA) is 171 Å². The van der Waals surface area contributed by atoms with Crippen LogP contribution in [0.5, 0.6) is 0 Å². The molecule has 204 valence electrons. The molecule has 0 radical (unpaired) electrons. The number of carboxylic acid groups (broad SMARTS) is 2. The average Bonchev–Trinajstić information content (AvgIpc) is 2.81. The van der Waals surface area contributed by atoms with Crippen LogP contribution in [0.15, 0.2) is 30.3 Å². The van der Waals surface area contributed by atoms with Crippen LogP contribution in [0, 0.1) is 11.8 Å². The number of nitrogens with one attached hydrogen (secondary N) is 3. The van der Waals surface area contributed by atoms with Crippen LogP contribution in [-0.4, -0.2) is 64.3 Å². The molecule has 1 aromatic carbocycles. The van der Waals surface area contributed by atoms with Crippen molar-refractivity contribution in [1.82, 2.24) is 16.0 Å². The van der Waals surface area contributed by atoms with Gasteiger partial charge in [-0.2, -0.15) is 0 Å². The molecule has 2 unspecified atom stereocenters. The Bertz CT molecular complexity index is 952. The second-order valence-electron chi connectivity index (χ2n) is 10.3. The van der Waals surface area contributed by atoms with Gasteiger partial charge in [-0.3, -0.25) is 14.4 Å². The summed E-state index contributed by atoms with van der Waals surface area (Å²) in [5, 5.41) is 25.8. The lowest BCUT2D eigenvalue weighted by molar-refractivity contribution is -0.147. The number of ether oxygens (including phenoxy) is 1. The average molecular weight is 520 g/mol. The largest absolute Gasteiger partial charge is 0.481 e. The minimum absolute atomic E-state index is 0.112. The Labute approximate surface area is 216 Å². The number of amides is 3. The van der Waals surface area contributed by atoms with E-state index in [9.17, 15) is 24.0 Å². The Hall–Kier alpha value is -3.63. The lowest BCUT2D eigenvalue weighted by Crippen LogP contribution is -2.50. The fraction of sp³-hybridized carbons (Fsp3) is 0.577. The van der Waals surface area contributed by atoms with Gasteiger partial charge in [-0.15, -0.1) is 0 Å². The summed E-state index contributed by atoms with van der Waals surface area (Å²) in [5.41, 5.74) is 0.175. The number of hydrogen-bond acceptors (Lipinski definition) is 6. The number of aliphatic carboxylic acids is 2. The van der Waals surface area contributed by atoms with Crippen LogP contribution < -0.4 is 16.0 Å². The third-order valence-electron chi connectivity index (χ3n) is 6.07. The minimum Gasteiger partial charge on any atom is -0.481 e. The van der Waals surface area contributed by atoms with Crippen molar-refractivity contribution in [2.45, 2.75) is 77.0 Å². The quantitative estimate of drug-likeness (QED) is 0.296. The van der Waals surface area contributed by atoms with Gasteiger partial charge in [0, 0.05) is 18.9 Å². The van der Waals surface area contributed by atoms with Crippen molar-refractivity contribution in [2.24, 2.45) is 11.8 Å². The van der Waals surface area contributed by atoms with Gasteiger partial charge in [-0.1, -0.05) is 30.3 Å². The molecule has 3 amide bonds. The molecule has 1 aliphatic rings. The van der Waals surface area contributed by atoms with Crippen LogP contribution in [0.25, 0.3) is 0 Å². The maximum Gasteiger partial charge on any atom is 0.408 e. The molecule has 0 aliphatic heterocycles. The molecule has 1 aromatic rings. The molecule has 1 saturated carbocycles. The first-order valence-corrected chi connectivity index (χ1v) is 12.4. The molecule has 37 heavy (non-hydrogen) atoms. The van der Waals surface area contributed by atoms with Crippen LogP contribution in [-0.2, 0) is 30.3 Å². The fourth-order valence-corrected chi connectivity index (χ4v) is 4.17. The SMILES string of the molecule is CC(C)(C)OC(=O)NC(Cc1ccccc1)C(=O)NCC1CCC(C(=O)NC(CC(=O)O)C(=O)O)CC1. The minimum atomic E-state index is -1.47. The highest BCUT2D eigenvalue weighted by atomic mass is 16.6. The van der Waals surface area contributed by atoms with E-state index in [1.807, 2.05) is 30.3 Å². The van der Waals surface area contributed by atoms with Crippen LogP contribution in [0.1, 0.15) is 58.4 Å². The Morgan fingerprint density at radius 2 is 1.57 bits per heavy atom. The predicted octanol–water partition coefficient (Wildman–Crippen LogP) is 2.09. The van der Waals surface area contributed by atoms with Crippen LogP contribution in [0.4, 0.5) is 4.79 Å². The maximum absolute atomic E-state index is 13.0. The monoisotopic (exact) mass is 519 g/mol. The molecule has 2 rings (SSSR count). The highest BCUT2D eigenvalue weighted by molar-refractivity contribution is 5.88. The van der Waals surface area contributed by atoms with Crippen LogP contribution >= 0.6 is 0 Å². The second-order valence-corrected chi connectivity index (χ2v) is 10.3. The van der Waals surface area contributed by atoms with Crippen molar-refractivity contribution in [3.8, 4) is 0 Å². The molecule has 2 atom stereocenters. The zero-order chi connectivity index (χ0) is 27.6. The summed E-state index contributed by atoms with van der Waals surface area (Å²) in [6, 6.07) is 7.01. The highest BCUT2D eigenvalue weighted by Crippen LogP contribution is 2.28. The summed E-state index contributed by atoms with van der Waals surface area (Å²) < 4.78 is 5.31. The van der Waals surface area contributed by atoms with Gasteiger partial charge in [-0.05, 0) is 57.9 Å². The van der Waals surface area contributed by atoms with Gasteiger partial charge in [0.05, 0.1) is 6.42 Å². The van der Waals surface area contributed by atoms with Crippen molar-refractivity contribution in [3.63, 3.8) is 0 Å². The van der Waals surface area contributed by atoms with Gasteiger partial charge in [0.25, 0.3) is 0 Å². The molecule has 0 heterocycles. The lowest BCUT2D eigenvalue weighted by atomic mass is 9.81. The second kappa shape index (κ2) is 13.6. The van der Waals surface area contributed by atoms with Crippen molar-refractivity contribution in [3.05, 3.63) is 35.9 Å². The normalized spacial score (nSPS) is 19.1.